The topological polar surface area (TPSA) is 81.7 Å². The molecule has 2 aliphatic rings. The van der Waals surface area contributed by atoms with E-state index < -0.39 is 0 Å². The lowest BCUT2D eigenvalue weighted by atomic mass is 9.74. The number of rotatable bonds is 7. The van der Waals surface area contributed by atoms with Gasteiger partial charge in [-0.25, -0.2) is 4.79 Å². The maximum atomic E-state index is 12.1. The van der Waals surface area contributed by atoms with Crippen LogP contribution in [0.3, 0.4) is 0 Å². The number of likely N-dealkylation sites (tertiary alicyclic amines) is 1. The number of nitrogens with zero attached hydrogens (tertiary/aromatic N) is 1. The maximum Gasteiger partial charge on any atom is 0.314 e. The molecule has 1 aliphatic carbocycles. The summed E-state index contributed by atoms with van der Waals surface area (Å²) >= 11 is 0. The van der Waals surface area contributed by atoms with Gasteiger partial charge in [-0.15, -0.1) is 0 Å². The molecular weight excluding hydrogens is 354 g/mol. The first-order valence-corrected chi connectivity index (χ1v) is 10.3. The van der Waals surface area contributed by atoms with Gasteiger partial charge in [0.05, 0.1) is 18.7 Å². The highest BCUT2D eigenvalue weighted by Crippen LogP contribution is 2.41. The summed E-state index contributed by atoms with van der Waals surface area (Å²) < 4.78 is 0. The number of nitrogens with one attached hydrogen (secondary N) is 2. The van der Waals surface area contributed by atoms with Crippen LogP contribution in [0.1, 0.15) is 56.6 Å². The van der Waals surface area contributed by atoms with Gasteiger partial charge in [-0.1, -0.05) is 37.3 Å². The molecule has 3 N–H and O–H groups in total. The van der Waals surface area contributed by atoms with E-state index in [9.17, 15) is 14.7 Å². The van der Waals surface area contributed by atoms with Crippen molar-refractivity contribution >= 4 is 17.5 Å². The van der Waals surface area contributed by atoms with Crippen LogP contribution in [0.2, 0.25) is 0 Å². The number of aliphatic hydroxyl groups is 1. The molecule has 1 heterocycles. The number of urea groups is 1. The molecule has 3 amide bonds. The zero-order valence-electron chi connectivity index (χ0n) is 16.8. The monoisotopic (exact) mass is 385 g/mol. The summed E-state index contributed by atoms with van der Waals surface area (Å²) in [6.07, 6.45) is 6.66. The average molecular weight is 386 g/mol. The number of benzene rings is 1. The van der Waals surface area contributed by atoms with Gasteiger partial charge < -0.3 is 20.6 Å². The number of carbonyl (C=O) groups excluding carboxylic acids is 2. The minimum Gasteiger partial charge on any atom is -0.394 e. The van der Waals surface area contributed by atoms with E-state index >= 15 is 0 Å². The lowest BCUT2D eigenvalue weighted by molar-refractivity contribution is -0.147. The second-order valence-corrected chi connectivity index (χ2v) is 7.65. The molecule has 6 nitrogen and oxygen atoms in total. The Labute approximate surface area is 167 Å². The van der Waals surface area contributed by atoms with Crippen LogP contribution in [-0.2, 0) is 4.79 Å². The van der Waals surface area contributed by atoms with Crippen LogP contribution >= 0.6 is 0 Å². The van der Waals surface area contributed by atoms with Crippen molar-refractivity contribution in [2.45, 2.75) is 57.5 Å². The Bertz CT molecular complexity index is 729. The minimum atomic E-state index is -0.250. The number of aliphatic hydroxyl groups excluding tert-OH is 1. The molecule has 0 saturated carbocycles. The van der Waals surface area contributed by atoms with Crippen molar-refractivity contribution in [3.05, 3.63) is 41.5 Å². The number of allylic oxidation sites excluding steroid dienone is 2. The molecule has 0 radical (unpaired) electrons. The van der Waals surface area contributed by atoms with Gasteiger partial charge >= 0.3 is 6.03 Å². The summed E-state index contributed by atoms with van der Waals surface area (Å²) in [6.45, 7) is 4.40. The van der Waals surface area contributed by atoms with Gasteiger partial charge in [0, 0.05) is 25.9 Å². The highest BCUT2D eigenvalue weighted by molar-refractivity contribution is 5.77. The molecule has 1 aromatic rings. The summed E-state index contributed by atoms with van der Waals surface area (Å²) in [4.78, 5) is 25.7. The molecule has 0 aromatic heterocycles. The number of hydrogen-bond acceptors (Lipinski definition) is 3. The second-order valence-electron chi connectivity index (χ2n) is 7.65. The molecule has 0 spiro atoms. The SMILES string of the molecule is CCCNC(=O)NC[C@H]1[C@H](c2ccc(C3=CCCC3)cc2)[C@H](CO)N1C(C)=O. The van der Waals surface area contributed by atoms with Crippen molar-refractivity contribution in [2.75, 3.05) is 19.7 Å². The molecule has 1 fully saturated rings. The van der Waals surface area contributed by atoms with E-state index in [1.54, 1.807) is 4.90 Å². The van der Waals surface area contributed by atoms with Crippen LogP contribution in [0.25, 0.3) is 5.57 Å². The van der Waals surface area contributed by atoms with Gasteiger partial charge in [0.15, 0.2) is 0 Å². The fourth-order valence-corrected chi connectivity index (χ4v) is 4.44. The lowest BCUT2D eigenvalue weighted by Gasteiger charge is -2.54. The van der Waals surface area contributed by atoms with Gasteiger partial charge in [0.25, 0.3) is 0 Å². The van der Waals surface area contributed by atoms with Gasteiger partial charge in [0.2, 0.25) is 5.91 Å². The standard InChI is InChI=1S/C22H31N3O3/c1-3-12-23-22(28)24-13-19-21(20(14-26)25(19)15(2)27)18-10-8-17(9-11-18)16-6-4-5-7-16/h6,8-11,19-21,26H,3-5,7,12-14H2,1-2H3,(H2,23,24,28)/t19-,20-,21-/m0/s1. The van der Waals surface area contributed by atoms with Crippen molar-refractivity contribution in [1.82, 2.24) is 15.5 Å². The zero-order valence-corrected chi connectivity index (χ0v) is 16.8. The van der Waals surface area contributed by atoms with E-state index in [1.165, 1.54) is 24.5 Å². The molecule has 152 valence electrons. The Morgan fingerprint density at radius 1 is 1.18 bits per heavy atom. The van der Waals surface area contributed by atoms with Gasteiger partial charge in [-0.05, 0) is 42.4 Å². The van der Waals surface area contributed by atoms with E-state index in [-0.39, 0.29) is 36.5 Å². The molecule has 3 atom stereocenters. The first-order valence-electron chi connectivity index (χ1n) is 10.3. The van der Waals surface area contributed by atoms with E-state index in [0.717, 1.165) is 24.8 Å². The average Bonchev–Trinajstić information content (AvgIpc) is 3.20. The van der Waals surface area contributed by atoms with Crippen molar-refractivity contribution < 1.29 is 14.7 Å². The predicted octanol–water partition coefficient (Wildman–Crippen LogP) is 2.64. The molecule has 3 rings (SSSR count). The fraction of sp³-hybridized carbons (Fsp3) is 0.545. The number of amides is 3. The Kier molecular flexibility index (Phi) is 6.73. The third kappa shape index (κ3) is 4.22. The van der Waals surface area contributed by atoms with Gasteiger partial charge in [-0.3, -0.25) is 4.79 Å². The number of carbonyl (C=O) groups is 2. The van der Waals surface area contributed by atoms with Crippen LogP contribution in [0, 0.1) is 0 Å². The van der Waals surface area contributed by atoms with E-state index in [2.05, 4.69) is 41.0 Å². The molecular formula is C22H31N3O3. The van der Waals surface area contributed by atoms with Crippen LogP contribution in [0.4, 0.5) is 4.79 Å². The van der Waals surface area contributed by atoms with Gasteiger partial charge in [-0.2, -0.15) is 0 Å². The number of hydrogen-bond donors (Lipinski definition) is 3. The highest BCUT2D eigenvalue weighted by atomic mass is 16.3. The van der Waals surface area contributed by atoms with Crippen LogP contribution in [0.15, 0.2) is 30.3 Å². The summed E-state index contributed by atoms with van der Waals surface area (Å²) in [5.74, 6) is -0.0734. The molecule has 1 aromatic carbocycles. The van der Waals surface area contributed by atoms with Crippen molar-refractivity contribution in [2.24, 2.45) is 0 Å². The third-order valence-electron chi connectivity index (χ3n) is 5.81. The van der Waals surface area contributed by atoms with Crippen LogP contribution in [0.5, 0.6) is 0 Å². The summed E-state index contributed by atoms with van der Waals surface area (Å²) in [7, 11) is 0. The second kappa shape index (κ2) is 9.24. The fourth-order valence-electron chi connectivity index (χ4n) is 4.44. The minimum absolute atomic E-state index is 0.00647. The molecule has 0 unspecified atom stereocenters. The van der Waals surface area contributed by atoms with Crippen molar-refractivity contribution in [3.63, 3.8) is 0 Å². The smallest absolute Gasteiger partial charge is 0.314 e. The Morgan fingerprint density at radius 3 is 2.50 bits per heavy atom. The quantitative estimate of drug-likeness (QED) is 0.675. The largest absolute Gasteiger partial charge is 0.394 e. The molecule has 0 bridgehead atoms. The highest BCUT2D eigenvalue weighted by Gasteiger charge is 2.49. The zero-order chi connectivity index (χ0) is 20.1. The normalized spacial score (nSPS) is 23.8. The Hall–Kier alpha value is -2.34. The third-order valence-corrected chi connectivity index (χ3v) is 5.81. The molecule has 1 aliphatic heterocycles. The Balaban J connectivity index is 1.73. The molecule has 6 heteroatoms. The molecule has 1 saturated heterocycles. The summed E-state index contributed by atoms with van der Waals surface area (Å²) in [5.41, 5.74) is 3.74. The van der Waals surface area contributed by atoms with Crippen molar-refractivity contribution in [1.29, 1.82) is 0 Å². The summed E-state index contributed by atoms with van der Waals surface area (Å²) in [5, 5.41) is 15.5. The molecule has 28 heavy (non-hydrogen) atoms. The van der Waals surface area contributed by atoms with Crippen molar-refractivity contribution in [3.8, 4) is 0 Å². The predicted molar refractivity (Wildman–Crippen MR) is 110 cm³/mol. The Morgan fingerprint density at radius 2 is 1.93 bits per heavy atom. The van der Waals surface area contributed by atoms with E-state index in [1.807, 2.05) is 6.92 Å². The first-order chi connectivity index (χ1) is 13.6. The van der Waals surface area contributed by atoms with E-state index in [4.69, 9.17) is 0 Å². The maximum absolute atomic E-state index is 12.1. The van der Waals surface area contributed by atoms with Crippen LogP contribution in [-0.4, -0.2) is 53.7 Å². The van der Waals surface area contributed by atoms with Crippen LogP contribution < -0.4 is 10.6 Å². The summed E-state index contributed by atoms with van der Waals surface area (Å²) in [6, 6.07) is 7.84. The van der Waals surface area contributed by atoms with Gasteiger partial charge in [0.1, 0.15) is 0 Å². The first kappa shape index (κ1) is 20.4. The lowest BCUT2D eigenvalue weighted by Crippen LogP contribution is -2.68. The van der Waals surface area contributed by atoms with E-state index in [0.29, 0.717) is 13.1 Å².